The molecule has 32 heavy (non-hydrogen) atoms. The predicted molar refractivity (Wildman–Crippen MR) is 121 cm³/mol. The van der Waals surface area contributed by atoms with Crippen molar-refractivity contribution in [3.8, 4) is 0 Å². The molecule has 0 amide bonds. The molecule has 7 heteroatoms. The molecule has 1 aliphatic carbocycles. The SMILES string of the molecule is CC(=O)C[C@H]1C(=O)C(CO)=CC[C@](C)(C/C=C/C(C)(C)OO)[C@H]1/C=C\OC(=O)C=C(C)C. The van der Waals surface area contributed by atoms with E-state index in [-0.39, 0.29) is 23.6 Å². The summed E-state index contributed by atoms with van der Waals surface area (Å²) in [6, 6.07) is 0. The van der Waals surface area contributed by atoms with Crippen LogP contribution < -0.4 is 0 Å². The number of ether oxygens (including phenoxy) is 1. The molecular formula is C25H36O7. The molecule has 0 aromatic rings. The lowest BCUT2D eigenvalue weighted by Gasteiger charge is -2.37. The molecule has 0 fully saturated rings. The van der Waals surface area contributed by atoms with Gasteiger partial charge in [0.1, 0.15) is 11.4 Å². The highest BCUT2D eigenvalue weighted by atomic mass is 17.1. The molecule has 0 saturated heterocycles. The van der Waals surface area contributed by atoms with E-state index in [1.165, 1.54) is 19.3 Å². The minimum Gasteiger partial charge on any atom is -0.432 e. The van der Waals surface area contributed by atoms with Crippen molar-refractivity contribution in [2.75, 3.05) is 6.61 Å². The molecule has 0 aliphatic heterocycles. The van der Waals surface area contributed by atoms with Crippen molar-refractivity contribution in [2.45, 2.75) is 66.4 Å². The Morgan fingerprint density at radius 1 is 1.28 bits per heavy atom. The maximum atomic E-state index is 13.1. The van der Waals surface area contributed by atoms with Crippen LogP contribution in [-0.2, 0) is 24.0 Å². The third-order valence-electron chi connectivity index (χ3n) is 5.60. The van der Waals surface area contributed by atoms with Gasteiger partial charge in [0.2, 0.25) is 0 Å². The van der Waals surface area contributed by atoms with E-state index in [0.29, 0.717) is 12.8 Å². The smallest absolute Gasteiger partial charge is 0.335 e. The van der Waals surface area contributed by atoms with E-state index in [1.807, 2.05) is 13.0 Å². The molecule has 1 rings (SSSR count). The monoisotopic (exact) mass is 448 g/mol. The average molecular weight is 449 g/mol. The Bertz CT molecular complexity index is 812. The number of esters is 1. The summed E-state index contributed by atoms with van der Waals surface area (Å²) in [5.41, 5.74) is -0.341. The van der Waals surface area contributed by atoms with Crippen molar-refractivity contribution < 1.29 is 34.4 Å². The number of aliphatic hydroxyl groups excluding tert-OH is 1. The van der Waals surface area contributed by atoms with Gasteiger partial charge in [0.15, 0.2) is 5.78 Å². The molecule has 0 heterocycles. The number of ketones is 2. The minimum absolute atomic E-state index is 0.0116. The van der Waals surface area contributed by atoms with Crippen molar-refractivity contribution in [2.24, 2.45) is 17.3 Å². The van der Waals surface area contributed by atoms with E-state index in [2.05, 4.69) is 4.89 Å². The van der Waals surface area contributed by atoms with E-state index in [9.17, 15) is 19.5 Å². The van der Waals surface area contributed by atoms with E-state index in [1.54, 1.807) is 45.9 Å². The average Bonchev–Trinajstić information content (AvgIpc) is 2.77. The van der Waals surface area contributed by atoms with Crippen LogP contribution in [0.25, 0.3) is 0 Å². The first-order chi connectivity index (χ1) is 14.8. The van der Waals surface area contributed by atoms with Gasteiger partial charge in [0.05, 0.1) is 12.9 Å². The summed E-state index contributed by atoms with van der Waals surface area (Å²) in [6.07, 6.45) is 10.6. The van der Waals surface area contributed by atoms with Gasteiger partial charge < -0.3 is 14.6 Å². The highest BCUT2D eigenvalue weighted by Crippen LogP contribution is 2.46. The van der Waals surface area contributed by atoms with Crippen LogP contribution in [0.3, 0.4) is 0 Å². The molecular weight excluding hydrogens is 412 g/mol. The number of aliphatic hydroxyl groups is 1. The normalized spacial score (nSPS) is 24.4. The number of allylic oxidation sites excluding steroid dienone is 4. The van der Waals surface area contributed by atoms with Gasteiger partial charge in [-0.1, -0.05) is 30.7 Å². The number of carbonyl (C=O) groups excluding carboxylic acids is 3. The fourth-order valence-corrected chi connectivity index (χ4v) is 3.84. The third kappa shape index (κ3) is 8.30. The zero-order valence-corrected chi connectivity index (χ0v) is 19.9. The maximum Gasteiger partial charge on any atom is 0.335 e. The second-order valence-electron chi connectivity index (χ2n) is 9.44. The predicted octanol–water partition coefficient (Wildman–Crippen LogP) is 4.33. The second-order valence-corrected chi connectivity index (χ2v) is 9.44. The summed E-state index contributed by atoms with van der Waals surface area (Å²) in [4.78, 5) is 41.5. The molecule has 0 radical (unpaired) electrons. The van der Waals surface area contributed by atoms with Crippen molar-refractivity contribution in [3.05, 3.63) is 47.8 Å². The Morgan fingerprint density at radius 2 is 1.94 bits per heavy atom. The van der Waals surface area contributed by atoms with Crippen molar-refractivity contribution in [3.63, 3.8) is 0 Å². The van der Waals surface area contributed by atoms with Crippen molar-refractivity contribution in [1.29, 1.82) is 0 Å². The molecule has 0 bridgehead atoms. The Morgan fingerprint density at radius 3 is 2.47 bits per heavy atom. The number of hydrogen-bond acceptors (Lipinski definition) is 7. The van der Waals surface area contributed by atoms with Gasteiger partial charge >= 0.3 is 5.97 Å². The number of hydrogen-bond donors (Lipinski definition) is 2. The zero-order chi connectivity index (χ0) is 24.5. The van der Waals surface area contributed by atoms with Crippen LogP contribution in [0, 0.1) is 17.3 Å². The highest BCUT2D eigenvalue weighted by Gasteiger charge is 2.43. The zero-order valence-electron chi connectivity index (χ0n) is 19.9. The summed E-state index contributed by atoms with van der Waals surface area (Å²) in [7, 11) is 0. The molecule has 7 nitrogen and oxygen atoms in total. The van der Waals surface area contributed by atoms with E-state index < -0.39 is 35.4 Å². The molecule has 3 atom stereocenters. The van der Waals surface area contributed by atoms with E-state index >= 15 is 0 Å². The molecule has 0 spiro atoms. The Hall–Kier alpha value is -2.35. The van der Waals surface area contributed by atoms with Gasteiger partial charge in [-0.3, -0.25) is 10.1 Å². The molecule has 0 aromatic heterocycles. The molecule has 0 saturated carbocycles. The van der Waals surface area contributed by atoms with Crippen molar-refractivity contribution in [1.82, 2.24) is 0 Å². The lowest BCUT2D eigenvalue weighted by Crippen LogP contribution is -2.35. The van der Waals surface area contributed by atoms with Gasteiger partial charge in [-0.05, 0) is 64.9 Å². The summed E-state index contributed by atoms with van der Waals surface area (Å²) in [6.45, 7) is 9.96. The Kier molecular flexibility index (Phi) is 10.4. The fourth-order valence-electron chi connectivity index (χ4n) is 3.84. The summed E-state index contributed by atoms with van der Waals surface area (Å²) in [5.74, 6) is -2.09. The van der Waals surface area contributed by atoms with Gasteiger partial charge in [-0.2, -0.15) is 0 Å². The first-order valence-corrected chi connectivity index (χ1v) is 10.7. The van der Waals surface area contributed by atoms with E-state index in [0.717, 1.165) is 5.57 Å². The van der Waals surface area contributed by atoms with Crippen LogP contribution in [0.4, 0.5) is 0 Å². The summed E-state index contributed by atoms with van der Waals surface area (Å²) >= 11 is 0. The van der Waals surface area contributed by atoms with Gasteiger partial charge in [-0.15, -0.1) is 0 Å². The van der Waals surface area contributed by atoms with Gasteiger partial charge in [0, 0.05) is 24.0 Å². The first kappa shape index (κ1) is 27.7. The van der Waals surface area contributed by atoms with E-state index in [4.69, 9.17) is 9.99 Å². The largest absolute Gasteiger partial charge is 0.432 e. The van der Waals surface area contributed by atoms with Crippen LogP contribution in [0.15, 0.2) is 47.8 Å². The molecule has 178 valence electrons. The molecule has 0 unspecified atom stereocenters. The molecule has 1 aliphatic rings. The van der Waals surface area contributed by atoms with Gasteiger partial charge in [-0.25, -0.2) is 9.68 Å². The molecule has 0 aromatic carbocycles. The fraction of sp³-hybridized carbons (Fsp3) is 0.560. The van der Waals surface area contributed by atoms with Crippen LogP contribution in [0.1, 0.15) is 60.8 Å². The Labute approximate surface area is 190 Å². The summed E-state index contributed by atoms with van der Waals surface area (Å²) < 4.78 is 5.18. The summed E-state index contributed by atoms with van der Waals surface area (Å²) in [5, 5.41) is 18.7. The number of carbonyl (C=O) groups is 3. The van der Waals surface area contributed by atoms with Gasteiger partial charge in [0.25, 0.3) is 0 Å². The minimum atomic E-state index is -0.882. The van der Waals surface area contributed by atoms with Crippen LogP contribution in [0.5, 0.6) is 0 Å². The number of Topliss-reactive ketones (excluding diaryl/α,β-unsaturated/α-hetero) is 2. The lowest BCUT2D eigenvalue weighted by atomic mass is 9.66. The lowest BCUT2D eigenvalue weighted by molar-refractivity contribution is -0.297. The number of rotatable bonds is 10. The second kappa shape index (κ2) is 12.0. The quantitative estimate of drug-likeness (QED) is 0.128. The van der Waals surface area contributed by atoms with Crippen LogP contribution in [-0.4, -0.2) is 40.1 Å². The third-order valence-corrected chi connectivity index (χ3v) is 5.60. The molecule has 2 N–H and O–H groups in total. The van der Waals surface area contributed by atoms with Crippen molar-refractivity contribution >= 4 is 17.5 Å². The highest BCUT2D eigenvalue weighted by molar-refractivity contribution is 6.00. The topological polar surface area (TPSA) is 110 Å². The van der Waals surface area contributed by atoms with Crippen LogP contribution >= 0.6 is 0 Å². The first-order valence-electron chi connectivity index (χ1n) is 10.7. The Balaban J connectivity index is 3.39. The standard InChI is InChI=1S/C25H36O7/c1-17(2)14-22(28)31-13-9-21-20(15-18(3)27)23(29)19(16-26)8-12-25(21,6)11-7-10-24(4,5)32-30/h7-10,13-14,20-21,26,30H,11-12,15-16H2,1-6H3/b10-7+,13-9-/t20-,21+,25+/m1/s1. The maximum absolute atomic E-state index is 13.1. The van der Waals surface area contributed by atoms with Crippen LogP contribution in [0.2, 0.25) is 0 Å².